The van der Waals surface area contributed by atoms with Crippen LogP contribution in [0.15, 0.2) is 17.0 Å². The summed E-state index contributed by atoms with van der Waals surface area (Å²) in [5.74, 6) is -0.104. The monoisotopic (exact) mass is 330 g/mol. The molecular formula is C13H15ClN2O4S. The topological polar surface area (TPSA) is 75.7 Å². The highest BCUT2D eigenvalue weighted by Crippen LogP contribution is 2.34. The van der Waals surface area contributed by atoms with Crippen molar-refractivity contribution in [3.63, 3.8) is 0 Å². The maximum atomic E-state index is 12.6. The highest BCUT2D eigenvalue weighted by Gasteiger charge is 2.29. The normalized spacial score (nSPS) is 20.0. The number of amides is 1. The molecule has 1 aromatic carbocycles. The summed E-state index contributed by atoms with van der Waals surface area (Å²) in [6, 6.07) is 3.00. The summed E-state index contributed by atoms with van der Waals surface area (Å²) in [5, 5.41) is 2.94. The Morgan fingerprint density at radius 1 is 1.19 bits per heavy atom. The molecule has 2 heterocycles. The molecule has 114 valence electrons. The fourth-order valence-corrected chi connectivity index (χ4v) is 4.34. The van der Waals surface area contributed by atoms with Crippen LogP contribution in [0.2, 0.25) is 5.02 Å². The first-order chi connectivity index (χ1) is 9.98. The highest BCUT2D eigenvalue weighted by molar-refractivity contribution is 7.89. The summed E-state index contributed by atoms with van der Waals surface area (Å²) in [4.78, 5) is 11.6. The van der Waals surface area contributed by atoms with Gasteiger partial charge >= 0.3 is 0 Å². The minimum absolute atomic E-state index is 0.104. The number of benzene rings is 1. The van der Waals surface area contributed by atoms with Crippen LogP contribution in [0, 0.1) is 0 Å². The fraction of sp³-hybridized carbons (Fsp3) is 0.462. The molecule has 0 aromatic heterocycles. The Labute approximate surface area is 128 Å². The van der Waals surface area contributed by atoms with E-state index in [1.165, 1.54) is 10.4 Å². The smallest absolute Gasteiger partial charge is 0.243 e. The van der Waals surface area contributed by atoms with Gasteiger partial charge in [-0.15, -0.1) is 0 Å². The van der Waals surface area contributed by atoms with Gasteiger partial charge in [-0.2, -0.15) is 4.31 Å². The molecule has 21 heavy (non-hydrogen) atoms. The lowest BCUT2D eigenvalue weighted by atomic mass is 10.0. The zero-order valence-corrected chi connectivity index (χ0v) is 12.8. The van der Waals surface area contributed by atoms with Crippen molar-refractivity contribution in [1.29, 1.82) is 0 Å². The van der Waals surface area contributed by atoms with E-state index in [0.29, 0.717) is 44.8 Å². The third-order valence-electron chi connectivity index (χ3n) is 3.64. The van der Waals surface area contributed by atoms with Crippen molar-refractivity contribution in [3.05, 3.63) is 22.7 Å². The molecule has 1 saturated heterocycles. The number of carbonyl (C=O) groups excluding carboxylic acids is 1. The van der Waals surface area contributed by atoms with E-state index in [9.17, 15) is 13.2 Å². The molecule has 2 aliphatic heterocycles. The Kier molecular flexibility index (Phi) is 3.92. The molecule has 6 nitrogen and oxygen atoms in total. The van der Waals surface area contributed by atoms with Crippen molar-refractivity contribution in [1.82, 2.24) is 4.31 Å². The number of sulfonamides is 1. The van der Waals surface area contributed by atoms with Crippen molar-refractivity contribution in [2.45, 2.75) is 17.7 Å². The molecule has 1 fully saturated rings. The van der Waals surface area contributed by atoms with E-state index in [-0.39, 0.29) is 15.8 Å². The summed E-state index contributed by atoms with van der Waals surface area (Å²) in [7, 11) is -3.58. The lowest BCUT2D eigenvalue weighted by Gasteiger charge is -2.27. The average molecular weight is 331 g/mol. The van der Waals surface area contributed by atoms with E-state index in [4.69, 9.17) is 16.3 Å². The van der Waals surface area contributed by atoms with Gasteiger partial charge in [-0.1, -0.05) is 11.6 Å². The first-order valence-electron chi connectivity index (χ1n) is 6.68. The molecule has 0 atom stereocenters. The Balaban J connectivity index is 1.99. The van der Waals surface area contributed by atoms with E-state index < -0.39 is 10.0 Å². The van der Waals surface area contributed by atoms with Gasteiger partial charge in [-0.05, 0) is 24.1 Å². The van der Waals surface area contributed by atoms with Gasteiger partial charge in [-0.25, -0.2) is 8.42 Å². The van der Waals surface area contributed by atoms with E-state index in [2.05, 4.69) is 5.32 Å². The van der Waals surface area contributed by atoms with E-state index in [1.807, 2.05) is 0 Å². The number of fused-ring (bicyclic) bond motifs is 1. The number of hydrogen-bond acceptors (Lipinski definition) is 4. The summed E-state index contributed by atoms with van der Waals surface area (Å²) < 4.78 is 31.8. The van der Waals surface area contributed by atoms with Crippen molar-refractivity contribution >= 4 is 33.2 Å². The zero-order chi connectivity index (χ0) is 15.0. The van der Waals surface area contributed by atoms with Crippen molar-refractivity contribution in [2.75, 3.05) is 31.6 Å². The maximum Gasteiger partial charge on any atom is 0.243 e. The van der Waals surface area contributed by atoms with Crippen molar-refractivity contribution in [2.24, 2.45) is 0 Å². The molecule has 0 saturated carbocycles. The lowest BCUT2D eigenvalue weighted by molar-refractivity contribution is -0.116. The van der Waals surface area contributed by atoms with Crippen LogP contribution in [-0.4, -0.2) is 44.9 Å². The molecule has 1 N–H and O–H groups in total. The number of morpholine rings is 1. The second-order valence-electron chi connectivity index (χ2n) is 5.00. The van der Waals surface area contributed by atoms with Crippen LogP contribution < -0.4 is 5.32 Å². The third kappa shape index (κ3) is 2.78. The highest BCUT2D eigenvalue weighted by atomic mass is 35.5. The number of nitrogens with zero attached hydrogens (tertiary/aromatic N) is 1. The molecule has 0 aliphatic carbocycles. The Bertz CT molecular complexity index is 684. The largest absolute Gasteiger partial charge is 0.379 e. The van der Waals surface area contributed by atoms with Gasteiger partial charge in [0.15, 0.2) is 0 Å². The Morgan fingerprint density at radius 2 is 1.90 bits per heavy atom. The number of ether oxygens (including phenoxy) is 1. The molecule has 0 spiro atoms. The summed E-state index contributed by atoms with van der Waals surface area (Å²) in [6.45, 7) is 1.48. The van der Waals surface area contributed by atoms with E-state index >= 15 is 0 Å². The molecule has 0 radical (unpaired) electrons. The van der Waals surface area contributed by atoms with E-state index in [0.717, 1.165) is 5.56 Å². The Morgan fingerprint density at radius 3 is 2.62 bits per heavy atom. The van der Waals surface area contributed by atoms with E-state index in [1.54, 1.807) is 6.07 Å². The van der Waals surface area contributed by atoms with Gasteiger partial charge in [0.2, 0.25) is 15.9 Å². The fourth-order valence-electron chi connectivity index (χ4n) is 2.51. The minimum Gasteiger partial charge on any atom is -0.379 e. The zero-order valence-electron chi connectivity index (χ0n) is 11.3. The van der Waals surface area contributed by atoms with Crippen LogP contribution in [0.4, 0.5) is 5.69 Å². The molecule has 0 bridgehead atoms. The van der Waals surface area contributed by atoms with Crippen LogP contribution in [0.3, 0.4) is 0 Å². The summed E-state index contributed by atoms with van der Waals surface area (Å²) >= 11 is 6.14. The van der Waals surface area contributed by atoms with Crippen LogP contribution in [0.1, 0.15) is 12.0 Å². The summed E-state index contributed by atoms with van der Waals surface area (Å²) in [6.07, 6.45) is 0.831. The van der Waals surface area contributed by atoms with Gasteiger partial charge in [0.05, 0.1) is 28.8 Å². The molecule has 0 unspecified atom stereocenters. The molecule has 3 rings (SSSR count). The van der Waals surface area contributed by atoms with Crippen LogP contribution in [0.5, 0.6) is 0 Å². The SMILES string of the molecule is O=C1CCc2cc(S(=O)(=O)N3CCOCC3)cc(Cl)c2N1. The number of anilines is 1. The second-order valence-corrected chi connectivity index (χ2v) is 7.35. The molecule has 1 amide bonds. The van der Waals surface area contributed by atoms with Crippen LogP contribution >= 0.6 is 11.6 Å². The summed E-state index contributed by atoms with van der Waals surface area (Å²) in [5.41, 5.74) is 1.28. The predicted molar refractivity (Wildman–Crippen MR) is 78.0 cm³/mol. The molecule has 1 aromatic rings. The Hall–Kier alpha value is -1.15. The minimum atomic E-state index is -3.58. The van der Waals surface area contributed by atoms with Crippen molar-refractivity contribution < 1.29 is 17.9 Å². The van der Waals surface area contributed by atoms with Gasteiger partial charge in [-0.3, -0.25) is 4.79 Å². The number of rotatable bonds is 2. The predicted octanol–water partition coefficient (Wildman–Crippen LogP) is 1.25. The quantitative estimate of drug-likeness (QED) is 0.885. The van der Waals surface area contributed by atoms with Crippen LogP contribution in [-0.2, 0) is 26.0 Å². The number of hydrogen-bond donors (Lipinski definition) is 1. The van der Waals surface area contributed by atoms with Gasteiger partial charge in [0.25, 0.3) is 0 Å². The molecular weight excluding hydrogens is 316 g/mol. The van der Waals surface area contributed by atoms with Gasteiger partial charge in [0.1, 0.15) is 0 Å². The lowest BCUT2D eigenvalue weighted by Crippen LogP contribution is -2.40. The third-order valence-corrected chi connectivity index (χ3v) is 5.81. The second kappa shape index (κ2) is 5.57. The molecule has 2 aliphatic rings. The average Bonchev–Trinajstić information content (AvgIpc) is 2.48. The van der Waals surface area contributed by atoms with Crippen molar-refractivity contribution in [3.8, 4) is 0 Å². The standard InChI is InChI=1S/C13H15ClN2O4S/c14-11-8-10(7-9-1-2-12(17)15-13(9)11)21(18,19)16-3-5-20-6-4-16/h7-8H,1-6H2,(H,15,17). The first kappa shape index (κ1) is 14.8. The number of carbonyl (C=O) groups is 1. The first-order valence-corrected chi connectivity index (χ1v) is 8.50. The number of halogens is 1. The van der Waals surface area contributed by atoms with Crippen LogP contribution in [0.25, 0.3) is 0 Å². The molecule has 8 heteroatoms. The number of aryl methyl sites for hydroxylation is 1. The van der Waals surface area contributed by atoms with Gasteiger partial charge in [0, 0.05) is 19.5 Å². The maximum absolute atomic E-state index is 12.6. The van der Waals surface area contributed by atoms with Gasteiger partial charge < -0.3 is 10.1 Å². The number of nitrogens with one attached hydrogen (secondary N) is 1.